The van der Waals surface area contributed by atoms with Gasteiger partial charge in [0.2, 0.25) is 0 Å². The van der Waals surface area contributed by atoms with Crippen LogP contribution in [0.4, 0.5) is 14.9 Å². The average Bonchev–Trinajstić information content (AvgIpc) is 2.83. The van der Waals surface area contributed by atoms with Crippen molar-refractivity contribution in [3.8, 4) is 0 Å². The third-order valence-corrected chi connectivity index (χ3v) is 6.20. The lowest BCUT2D eigenvalue weighted by Gasteiger charge is -2.35. The number of piperazine rings is 1. The SMILES string of the molecule is CCNC(=NCc1ccc(N2CCN(CC)CC2)c(F)c1)NC1CCN(C(=O)OC)CC1. The highest BCUT2D eigenvalue weighted by Gasteiger charge is 2.24. The van der Waals surface area contributed by atoms with Crippen molar-refractivity contribution < 1.29 is 13.9 Å². The molecule has 0 saturated carbocycles. The van der Waals surface area contributed by atoms with Gasteiger partial charge in [0.05, 0.1) is 19.3 Å². The van der Waals surface area contributed by atoms with E-state index in [1.807, 2.05) is 19.1 Å². The minimum atomic E-state index is -0.276. The number of ether oxygens (including phenoxy) is 1. The van der Waals surface area contributed by atoms with Gasteiger partial charge in [0.25, 0.3) is 0 Å². The molecule has 0 radical (unpaired) electrons. The number of methoxy groups -OCH3 is 1. The number of rotatable bonds is 6. The molecule has 1 aromatic carbocycles. The maximum atomic E-state index is 14.8. The summed E-state index contributed by atoms with van der Waals surface area (Å²) < 4.78 is 19.6. The molecule has 1 amide bonds. The Morgan fingerprint density at radius 2 is 1.88 bits per heavy atom. The number of anilines is 1. The van der Waals surface area contributed by atoms with E-state index in [1.165, 1.54) is 7.11 Å². The van der Waals surface area contributed by atoms with Gasteiger partial charge in [-0.05, 0) is 44.0 Å². The highest BCUT2D eigenvalue weighted by Crippen LogP contribution is 2.22. The molecule has 2 N–H and O–H groups in total. The molecule has 9 heteroatoms. The van der Waals surface area contributed by atoms with Crippen molar-refractivity contribution >= 4 is 17.7 Å². The summed E-state index contributed by atoms with van der Waals surface area (Å²) in [5.74, 6) is 0.528. The lowest BCUT2D eigenvalue weighted by Crippen LogP contribution is -2.49. The summed E-state index contributed by atoms with van der Waals surface area (Å²) in [4.78, 5) is 22.5. The molecule has 3 rings (SSSR count). The number of carbonyl (C=O) groups is 1. The monoisotopic (exact) mass is 448 g/mol. The maximum Gasteiger partial charge on any atom is 0.409 e. The molecule has 1 aromatic rings. The summed E-state index contributed by atoms with van der Waals surface area (Å²) in [5.41, 5.74) is 1.52. The van der Waals surface area contributed by atoms with Gasteiger partial charge in [-0.2, -0.15) is 0 Å². The maximum absolute atomic E-state index is 14.8. The topological polar surface area (TPSA) is 72.4 Å². The van der Waals surface area contributed by atoms with Gasteiger partial charge < -0.3 is 30.1 Å². The number of guanidine groups is 1. The van der Waals surface area contributed by atoms with Crippen molar-refractivity contribution in [2.75, 3.05) is 64.4 Å². The summed E-state index contributed by atoms with van der Waals surface area (Å²) in [7, 11) is 1.41. The molecule has 178 valence electrons. The summed E-state index contributed by atoms with van der Waals surface area (Å²) in [6, 6.07) is 5.68. The molecular formula is C23H37FN6O2. The number of hydrogen-bond acceptors (Lipinski definition) is 5. The Hall–Kier alpha value is -2.55. The van der Waals surface area contributed by atoms with Gasteiger partial charge in [0, 0.05) is 51.9 Å². The number of piperidine rings is 1. The van der Waals surface area contributed by atoms with E-state index >= 15 is 0 Å². The Bertz CT molecular complexity index is 774. The van der Waals surface area contributed by atoms with Crippen LogP contribution in [0.25, 0.3) is 0 Å². The lowest BCUT2D eigenvalue weighted by molar-refractivity contribution is 0.111. The Kier molecular flexibility index (Phi) is 8.96. The smallest absolute Gasteiger partial charge is 0.409 e. The Morgan fingerprint density at radius 3 is 2.47 bits per heavy atom. The van der Waals surface area contributed by atoms with Crippen LogP contribution < -0.4 is 15.5 Å². The van der Waals surface area contributed by atoms with Gasteiger partial charge in [-0.1, -0.05) is 13.0 Å². The van der Waals surface area contributed by atoms with Crippen LogP contribution in [0.3, 0.4) is 0 Å². The molecule has 32 heavy (non-hydrogen) atoms. The summed E-state index contributed by atoms with van der Waals surface area (Å²) in [6.45, 7) is 11.3. The predicted octanol–water partition coefficient (Wildman–Crippen LogP) is 2.25. The molecule has 0 unspecified atom stereocenters. The molecule has 2 heterocycles. The van der Waals surface area contributed by atoms with Crippen molar-refractivity contribution in [1.29, 1.82) is 0 Å². The Balaban J connectivity index is 1.55. The molecule has 2 aliphatic heterocycles. The van der Waals surface area contributed by atoms with Gasteiger partial charge in [0.1, 0.15) is 5.82 Å². The third-order valence-electron chi connectivity index (χ3n) is 6.20. The number of aliphatic imine (C=N–C) groups is 1. The Morgan fingerprint density at radius 1 is 1.16 bits per heavy atom. The van der Waals surface area contributed by atoms with Crippen molar-refractivity contribution in [3.63, 3.8) is 0 Å². The predicted molar refractivity (Wildman–Crippen MR) is 126 cm³/mol. The van der Waals surface area contributed by atoms with Gasteiger partial charge in [-0.25, -0.2) is 14.2 Å². The van der Waals surface area contributed by atoms with Crippen molar-refractivity contribution in [1.82, 2.24) is 20.4 Å². The largest absolute Gasteiger partial charge is 0.453 e. The fourth-order valence-electron chi connectivity index (χ4n) is 4.23. The van der Waals surface area contributed by atoms with Gasteiger partial charge in [-0.15, -0.1) is 0 Å². The van der Waals surface area contributed by atoms with E-state index in [1.54, 1.807) is 11.0 Å². The molecule has 0 spiro atoms. The van der Waals surface area contributed by atoms with Gasteiger partial charge >= 0.3 is 6.09 Å². The van der Waals surface area contributed by atoms with Crippen LogP contribution in [0.1, 0.15) is 32.3 Å². The van der Waals surface area contributed by atoms with Gasteiger partial charge in [-0.3, -0.25) is 0 Å². The minimum absolute atomic E-state index is 0.184. The molecular weight excluding hydrogens is 411 g/mol. The molecule has 2 fully saturated rings. The second-order valence-corrected chi connectivity index (χ2v) is 8.28. The first-order valence-corrected chi connectivity index (χ1v) is 11.7. The molecule has 0 aliphatic carbocycles. The fraction of sp³-hybridized carbons (Fsp3) is 0.652. The van der Waals surface area contributed by atoms with Crippen LogP contribution in [0, 0.1) is 5.82 Å². The van der Waals surface area contributed by atoms with E-state index in [9.17, 15) is 9.18 Å². The molecule has 0 aromatic heterocycles. The highest BCUT2D eigenvalue weighted by atomic mass is 19.1. The normalized spacial score (nSPS) is 18.6. The number of halogens is 1. The minimum Gasteiger partial charge on any atom is -0.453 e. The molecule has 8 nitrogen and oxygen atoms in total. The first kappa shape index (κ1) is 24.1. The quantitative estimate of drug-likeness (QED) is 0.514. The molecule has 2 aliphatic rings. The second-order valence-electron chi connectivity index (χ2n) is 8.28. The van der Waals surface area contributed by atoms with Crippen LogP contribution in [0.15, 0.2) is 23.2 Å². The van der Waals surface area contributed by atoms with E-state index in [-0.39, 0.29) is 18.0 Å². The zero-order valence-electron chi connectivity index (χ0n) is 19.6. The number of nitrogens with zero attached hydrogens (tertiary/aromatic N) is 4. The summed E-state index contributed by atoms with van der Waals surface area (Å²) in [6.07, 6.45) is 1.38. The van der Waals surface area contributed by atoms with E-state index in [0.717, 1.165) is 57.7 Å². The first-order valence-electron chi connectivity index (χ1n) is 11.7. The van der Waals surface area contributed by atoms with Crippen molar-refractivity contribution in [2.45, 2.75) is 39.3 Å². The fourth-order valence-corrected chi connectivity index (χ4v) is 4.23. The molecule has 2 saturated heterocycles. The zero-order chi connectivity index (χ0) is 22.9. The van der Waals surface area contributed by atoms with Crippen LogP contribution >= 0.6 is 0 Å². The number of likely N-dealkylation sites (tertiary alicyclic amines) is 1. The van der Waals surface area contributed by atoms with E-state index in [0.29, 0.717) is 31.3 Å². The van der Waals surface area contributed by atoms with Crippen LogP contribution in [0.2, 0.25) is 0 Å². The number of amides is 1. The summed E-state index contributed by atoms with van der Waals surface area (Å²) in [5, 5.41) is 6.71. The lowest BCUT2D eigenvalue weighted by atomic mass is 10.1. The highest BCUT2D eigenvalue weighted by molar-refractivity contribution is 5.80. The van der Waals surface area contributed by atoms with Crippen LogP contribution in [-0.4, -0.2) is 87.4 Å². The number of hydrogen-bond donors (Lipinski definition) is 2. The van der Waals surface area contributed by atoms with E-state index in [4.69, 9.17) is 4.74 Å². The third kappa shape index (κ3) is 6.48. The zero-order valence-corrected chi connectivity index (χ0v) is 19.6. The second kappa shape index (κ2) is 11.9. The standard InChI is InChI=1S/C23H37FN6O2/c1-4-25-22(27-19-8-10-30(11-9-19)23(31)32-3)26-17-18-6-7-21(20(24)16-18)29-14-12-28(5-2)13-15-29/h6-7,16,19H,4-5,8-15,17H2,1-3H3,(H2,25,26,27). The van der Waals surface area contributed by atoms with Crippen LogP contribution in [0.5, 0.6) is 0 Å². The van der Waals surface area contributed by atoms with Gasteiger partial charge in [0.15, 0.2) is 5.96 Å². The number of benzene rings is 1. The van der Waals surface area contributed by atoms with E-state index in [2.05, 4.69) is 32.3 Å². The van der Waals surface area contributed by atoms with E-state index < -0.39 is 0 Å². The first-order chi connectivity index (χ1) is 15.5. The summed E-state index contributed by atoms with van der Waals surface area (Å²) >= 11 is 0. The number of carbonyl (C=O) groups excluding carboxylic acids is 1. The van der Waals surface area contributed by atoms with Crippen LogP contribution in [-0.2, 0) is 11.3 Å². The Labute approximate surface area is 190 Å². The molecule has 0 atom stereocenters. The number of nitrogens with one attached hydrogen (secondary N) is 2. The van der Waals surface area contributed by atoms with Crippen molar-refractivity contribution in [2.24, 2.45) is 4.99 Å². The molecule has 0 bridgehead atoms. The number of likely N-dealkylation sites (N-methyl/N-ethyl adjacent to an activating group) is 1. The average molecular weight is 449 g/mol. The van der Waals surface area contributed by atoms with Crippen molar-refractivity contribution in [3.05, 3.63) is 29.6 Å².